The molecule has 0 aromatic heterocycles. The largest absolute Gasteiger partial charge is 0.455 e. The second-order valence-corrected chi connectivity index (χ2v) is 6.50. The molecule has 1 heterocycles. The van der Waals surface area contributed by atoms with Gasteiger partial charge in [-0.15, -0.1) is 0 Å². The first-order chi connectivity index (χ1) is 13.1. The van der Waals surface area contributed by atoms with Gasteiger partial charge in [-0.3, -0.25) is 9.59 Å². The average molecular weight is 369 g/mol. The highest BCUT2D eigenvalue weighted by atomic mass is 16.7. The van der Waals surface area contributed by atoms with E-state index in [0.717, 1.165) is 12.0 Å². The van der Waals surface area contributed by atoms with Crippen LogP contribution in [0.1, 0.15) is 31.7 Å². The van der Waals surface area contributed by atoms with Crippen molar-refractivity contribution in [2.45, 2.75) is 26.2 Å². The monoisotopic (exact) mass is 369 g/mol. The Bertz CT molecular complexity index is 805. The molecular weight excluding hydrogens is 346 g/mol. The zero-order valence-corrected chi connectivity index (χ0v) is 15.4. The predicted octanol–water partition coefficient (Wildman–Crippen LogP) is 3.73. The number of carbonyl (C=O) groups is 2. The molecule has 0 radical (unpaired) electrons. The summed E-state index contributed by atoms with van der Waals surface area (Å²) in [6.07, 6.45) is 0.831. The Morgan fingerprint density at radius 3 is 2.59 bits per heavy atom. The molecule has 0 fully saturated rings. The number of amides is 1. The number of esters is 1. The first-order valence-corrected chi connectivity index (χ1v) is 8.99. The summed E-state index contributed by atoms with van der Waals surface area (Å²) in [5.41, 5.74) is 1.45. The van der Waals surface area contributed by atoms with E-state index < -0.39 is 17.8 Å². The molecule has 2 aromatic rings. The molecule has 0 spiro atoms. The van der Waals surface area contributed by atoms with Crippen LogP contribution in [0.3, 0.4) is 0 Å². The first kappa shape index (κ1) is 18.8. The standard InChI is InChI=1S/C21H23NO5/c1-3-14(2)20(15-7-5-4-6-8-15)21(24)25-12-19(23)22-16-9-10-17-18(11-16)27-13-26-17/h4-11,14,20H,3,12-13H2,1-2H3,(H,22,23)/t14-,20+/m1/s1. The number of fused-ring (bicyclic) bond motifs is 1. The van der Waals surface area contributed by atoms with Crippen molar-refractivity contribution < 1.29 is 23.8 Å². The molecule has 6 heteroatoms. The first-order valence-electron chi connectivity index (χ1n) is 8.99. The van der Waals surface area contributed by atoms with Crippen LogP contribution in [0.2, 0.25) is 0 Å². The third-order valence-corrected chi connectivity index (χ3v) is 4.63. The number of hydrogen-bond acceptors (Lipinski definition) is 5. The number of ether oxygens (including phenoxy) is 3. The SMILES string of the molecule is CC[C@@H](C)[C@H](C(=O)OCC(=O)Nc1ccc2c(c1)OCO2)c1ccccc1. The summed E-state index contributed by atoms with van der Waals surface area (Å²) in [4.78, 5) is 24.8. The van der Waals surface area contributed by atoms with Crippen molar-refractivity contribution in [3.05, 3.63) is 54.1 Å². The van der Waals surface area contributed by atoms with Gasteiger partial charge < -0.3 is 19.5 Å². The third-order valence-electron chi connectivity index (χ3n) is 4.63. The summed E-state index contributed by atoms with van der Waals surface area (Å²) in [6, 6.07) is 14.6. The van der Waals surface area contributed by atoms with Gasteiger partial charge in [0.2, 0.25) is 6.79 Å². The highest BCUT2D eigenvalue weighted by molar-refractivity contribution is 5.93. The lowest BCUT2D eigenvalue weighted by Gasteiger charge is -2.21. The maximum absolute atomic E-state index is 12.6. The lowest BCUT2D eigenvalue weighted by atomic mass is 9.86. The number of benzene rings is 2. The molecule has 0 unspecified atom stereocenters. The summed E-state index contributed by atoms with van der Waals surface area (Å²) in [5.74, 6) is 0.130. The maximum Gasteiger partial charge on any atom is 0.314 e. The van der Waals surface area contributed by atoms with Crippen LogP contribution in [0, 0.1) is 5.92 Å². The van der Waals surface area contributed by atoms with Crippen molar-refractivity contribution >= 4 is 17.6 Å². The predicted molar refractivity (Wildman–Crippen MR) is 101 cm³/mol. The summed E-state index contributed by atoms with van der Waals surface area (Å²) >= 11 is 0. The fraction of sp³-hybridized carbons (Fsp3) is 0.333. The van der Waals surface area contributed by atoms with Gasteiger partial charge >= 0.3 is 5.97 Å². The summed E-state index contributed by atoms with van der Waals surface area (Å²) < 4.78 is 15.8. The molecule has 6 nitrogen and oxygen atoms in total. The maximum atomic E-state index is 12.6. The van der Waals surface area contributed by atoms with E-state index in [0.29, 0.717) is 17.2 Å². The van der Waals surface area contributed by atoms with Gasteiger partial charge in [0.1, 0.15) is 0 Å². The van der Waals surface area contributed by atoms with Gasteiger partial charge in [-0.1, -0.05) is 50.6 Å². The number of carbonyl (C=O) groups excluding carboxylic acids is 2. The van der Waals surface area contributed by atoms with Gasteiger partial charge in [0.05, 0.1) is 5.92 Å². The van der Waals surface area contributed by atoms with Gasteiger partial charge in [-0.05, 0) is 23.6 Å². The Labute approximate surface area is 158 Å². The van der Waals surface area contributed by atoms with Crippen LogP contribution in [0.25, 0.3) is 0 Å². The molecule has 142 valence electrons. The van der Waals surface area contributed by atoms with Crippen LogP contribution in [0.5, 0.6) is 11.5 Å². The third kappa shape index (κ3) is 4.58. The molecule has 0 saturated heterocycles. The molecule has 0 aliphatic carbocycles. The molecule has 1 aliphatic rings. The Kier molecular flexibility index (Phi) is 5.96. The van der Waals surface area contributed by atoms with Crippen molar-refractivity contribution in [2.75, 3.05) is 18.7 Å². The van der Waals surface area contributed by atoms with Gasteiger partial charge in [0.15, 0.2) is 18.1 Å². The van der Waals surface area contributed by atoms with Crippen molar-refractivity contribution in [3.63, 3.8) is 0 Å². The van der Waals surface area contributed by atoms with Crippen molar-refractivity contribution in [1.29, 1.82) is 0 Å². The van der Waals surface area contributed by atoms with Crippen LogP contribution in [0.15, 0.2) is 48.5 Å². The smallest absolute Gasteiger partial charge is 0.314 e. The molecule has 0 saturated carbocycles. The molecule has 2 atom stereocenters. The minimum atomic E-state index is -0.404. The quantitative estimate of drug-likeness (QED) is 0.753. The normalized spacial score (nSPS) is 14.3. The topological polar surface area (TPSA) is 73.9 Å². The number of hydrogen-bond donors (Lipinski definition) is 1. The molecule has 3 rings (SSSR count). The number of anilines is 1. The second kappa shape index (κ2) is 8.58. The highest BCUT2D eigenvalue weighted by Gasteiger charge is 2.27. The molecule has 1 amide bonds. The molecule has 1 N–H and O–H groups in total. The van der Waals surface area contributed by atoms with E-state index in [1.165, 1.54) is 0 Å². The zero-order chi connectivity index (χ0) is 19.2. The second-order valence-electron chi connectivity index (χ2n) is 6.50. The number of rotatable bonds is 7. The van der Waals surface area contributed by atoms with Crippen molar-refractivity contribution in [3.8, 4) is 11.5 Å². The summed E-state index contributed by atoms with van der Waals surface area (Å²) in [6.45, 7) is 3.86. The Morgan fingerprint density at radius 2 is 1.85 bits per heavy atom. The number of nitrogens with one attached hydrogen (secondary N) is 1. The fourth-order valence-electron chi connectivity index (χ4n) is 2.99. The zero-order valence-electron chi connectivity index (χ0n) is 15.4. The Balaban J connectivity index is 1.59. The molecule has 0 bridgehead atoms. The van der Waals surface area contributed by atoms with E-state index >= 15 is 0 Å². The van der Waals surface area contributed by atoms with E-state index in [4.69, 9.17) is 14.2 Å². The van der Waals surface area contributed by atoms with Gasteiger partial charge in [0.25, 0.3) is 5.91 Å². The molecule has 27 heavy (non-hydrogen) atoms. The average Bonchev–Trinajstić information content (AvgIpc) is 3.15. The van der Waals surface area contributed by atoms with E-state index in [-0.39, 0.29) is 19.3 Å². The highest BCUT2D eigenvalue weighted by Crippen LogP contribution is 2.34. The lowest BCUT2D eigenvalue weighted by Crippen LogP contribution is -2.26. The van der Waals surface area contributed by atoms with Crippen LogP contribution >= 0.6 is 0 Å². The minimum Gasteiger partial charge on any atom is -0.455 e. The van der Waals surface area contributed by atoms with Crippen molar-refractivity contribution in [1.82, 2.24) is 0 Å². The molecule has 2 aromatic carbocycles. The Hall–Kier alpha value is -3.02. The van der Waals surface area contributed by atoms with Crippen LogP contribution in [0.4, 0.5) is 5.69 Å². The van der Waals surface area contributed by atoms with E-state index in [9.17, 15) is 9.59 Å². The molecule has 1 aliphatic heterocycles. The summed E-state index contributed by atoms with van der Waals surface area (Å²) in [5, 5.41) is 2.70. The van der Waals surface area contributed by atoms with E-state index in [1.54, 1.807) is 18.2 Å². The van der Waals surface area contributed by atoms with Gasteiger partial charge in [-0.25, -0.2) is 0 Å². The van der Waals surface area contributed by atoms with Gasteiger partial charge in [0, 0.05) is 11.8 Å². The summed E-state index contributed by atoms with van der Waals surface area (Å²) in [7, 11) is 0. The lowest BCUT2D eigenvalue weighted by molar-refractivity contribution is -0.150. The van der Waals surface area contributed by atoms with Crippen molar-refractivity contribution in [2.24, 2.45) is 5.92 Å². The van der Waals surface area contributed by atoms with E-state index in [2.05, 4.69) is 5.32 Å². The van der Waals surface area contributed by atoms with Crippen LogP contribution in [-0.2, 0) is 14.3 Å². The van der Waals surface area contributed by atoms with Crippen LogP contribution < -0.4 is 14.8 Å². The van der Waals surface area contributed by atoms with Gasteiger partial charge in [-0.2, -0.15) is 0 Å². The van der Waals surface area contributed by atoms with Crippen LogP contribution in [-0.4, -0.2) is 25.3 Å². The Morgan fingerprint density at radius 1 is 1.11 bits per heavy atom. The fourth-order valence-corrected chi connectivity index (χ4v) is 2.99. The molecular formula is C21H23NO5. The van der Waals surface area contributed by atoms with E-state index in [1.807, 2.05) is 44.2 Å². The minimum absolute atomic E-state index is 0.108.